The van der Waals surface area contributed by atoms with E-state index in [1.54, 1.807) is 0 Å². The van der Waals surface area contributed by atoms with Gasteiger partial charge in [0.25, 0.3) is 0 Å². The van der Waals surface area contributed by atoms with Crippen molar-refractivity contribution in [2.24, 2.45) is 4.99 Å². The Morgan fingerprint density at radius 3 is 2.45 bits per heavy atom. The number of aliphatic imine (C=N–C) groups is 1. The molecule has 0 spiro atoms. The molecule has 0 aliphatic heterocycles. The molecular weight excluding hydrogens is 508 g/mol. The zero-order valence-corrected chi connectivity index (χ0v) is 19.5. The van der Waals surface area contributed by atoms with Crippen LogP contribution in [-0.2, 0) is 9.84 Å². The molecule has 0 aliphatic carbocycles. The lowest BCUT2D eigenvalue weighted by atomic mass is 10.3. The van der Waals surface area contributed by atoms with E-state index in [0.29, 0.717) is 25.7 Å². The lowest BCUT2D eigenvalue weighted by molar-refractivity contribution is 0.313. The van der Waals surface area contributed by atoms with Crippen molar-refractivity contribution in [1.82, 2.24) is 10.6 Å². The van der Waals surface area contributed by atoms with E-state index in [-0.39, 0.29) is 41.2 Å². The third-order valence-electron chi connectivity index (χ3n) is 3.76. The maximum atomic E-state index is 13.7. The van der Waals surface area contributed by atoms with Gasteiger partial charge in [-0.3, -0.25) is 4.99 Å². The van der Waals surface area contributed by atoms with Crippen molar-refractivity contribution in [2.45, 2.75) is 18.2 Å². The van der Waals surface area contributed by atoms with Crippen LogP contribution in [0.3, 0.4) is 0 Å². The predicted octanol–water partition coefficient (Wildman–Crippen LogP) is 3.24. The number of rotatable bonds is 10. The van der Waals surface area contributed by atoms with Gasteiger partial charge in [0.15, 0.2) is 15.8 Å². The SMILES string of the molecule is CCNC(=NCCCOc1ccccc1)NCCS(=O)(=O)c1ccccc1F.I. The molecule has 0 unspecified atom stereocenters. The van der Waals surface area contributed by atoms with Crippen LogP contribution in [0.2, 0.25) is 0 Å². The standard InChI is InChI=1S/C20H26FN3O3S.HI/c1-2-22-20(23-13-8-15-27-17-9-4-3-5-10-17)24-14-16-28(25,26)19-12-7-6-11-18(19)21;/h3-7,9-12H,2,8,13-16H2,1H3,(H2,22,23,24);1H. The van der Waals surface area contributed by atoms with E-state index in [4.69, 9.17) is 4.74 Å². The average Bonchev–Trinajstić information content (AvgIpc) is 2.68. The normalized spacial score (nSPS) is 11.4. The van der Waals surface area contributed by atoms with Gasteiger partial charge in [0.05, 0.1) is 12.4 Å². The molecule has 0 saturated carbocycles. The number of nitrogens with one attached hydrogen (secondary N) is 2. The molecule has 2 N–H and O–H groups in total. The molecule has 2 aromatic carbocycles. The molecular formula is C20H27FIN3O3S. The van der Waals surface area contributed by atoms with Crippen LogP contribution < -0.4 is 15.4 Å². The number of nitrogens with zero attached hydrogens (tertiary/aromatic N) is 1. The molecule has 2 rings (SSSR count). The fourth-order valence-electron chi connectivity index (χ4n) is 2.41. The molecule has 0 aliphatic rings. The molecule has 0 saturated heterocycles. The summed E-state index contributed by atoms with van der Waals surface area (Å²) in [4.78, 5) is 4.12. The van der Waals surface area contributed by atoms with E-state index < -0.39 is 15.7 Å². The second-order valence-electron chi connectivity index (χ2n) is 5.95. The second kappa shape index (κ2) is 13.4. The molecule has 160 valence electrons. The molecule has 6 nitrogen and oxygen atoms in total. The molecule has 0 aromatic heterocycles. The van der Waals surface area contributed by atoms with E-state index in [9.17, 15) is 12.8 Å². The highest BCUT2D eigenvalue weighted by atomic mass is 127. The summed E-state index contributed by atoms with van der Waals surface area (Å²) in [6.45, 7) is 3.76. The molecule has 0 amide bonds. The molecule has 29 heavy (non-hydrogen) atoms. The Hall–Kier alpha value is -1.88. The van der Waals surface area contributed by atoms with Gasteiger partial charge >= 0.3 is 0 Å². The molecule has 0 radical (unpaired) electrons. The van der Waals surface area contributed by atoms with Gasteiger partial charge in [-0.2, -0.15) is 0 Å². The van der Waals surface area contributed by atoms with Gasteiger partial charge in [-0.15, -0.1) is 24.0 Å². The van der Waals surface area contributed by atoms with Crippen LogP contribution in [0.15, 0.2) is 64.5 Å². The topological polar surface area (TPSA) is 79.8 Å². The monoisotopic (exact) mass is 535 g/mol. The summed E-state index contributed by atoms with van der Waals surface area (Å²) in [5, 5.41) is 6.03. The van der Waals surface area contributed by atoms with Crippen LogP contribution in [-0.4, -0.2) is 46.4 Å². The van der Waals surface area contributed by atoms with Crippen molar-refractivity contribution >= 4 is 39.8 Å². The lowest BCUT2D eigenvalue weighted by Crippen LogP contribution is -2.39. The average molecular weight is 535 g/mol. The van der Waals surface area contributed by atoms with E-state index in [0.717, 1.165) is 18.2 Å². The maximum absolute atomic E-state index is 13.7. The molecule has 9 heteroatoms. The minimum atomic E-state index is -3.70. The Bertz CT molecular complexity index is 864. The summed E-state index contributed by atoms with van der Waals surface area (Å²) in [6, 6.07) is 14.9. The van der Waals surface area contributed by atoms with Crippen LogP contribution in [0.25, 0.3) is 0 Å². The van der Waals surface area contributed by atoms with Crippen molar-refractivity contribution in [1.29, 1.82) is 0 Å². The number of para-hydroxylation sites is 1. The molecule has 0 bridgehead atoms. The van der Waals surface area contributed by atoms with Crippen molar-refractivity contribution in [2.75, 3.05) is 32.0 Å². The minimum absolute atomic E-state index is 0. The number of ether oxygens (including phenoxy) is 1. The Kier molecular flexibility index (Phi) is 11.6. The van der Waals surface area contributed by atoms with E-state index in [1.807, 2.05) is 37.3 Å². The first-order valence-electron chi connectivity index (χ1n) is 9.20. The number of sulfone groups is 1. The van der Waals surface area contributed by atoms with Crippen molar-refractivity contribution in [3.8, 4) is 5.75 Å². The fraction of sp³-hybridized carbons (Fsp3) is 0.350. The van der Waals surface area contributed by atoms with Gasteiger partial charge in [0.2, 0.25) is 0 Å². The molecule has 0 heterocycles. The van der Waals surface area contributed by atoms with Gasteiger partial charge in [0, 0.05) is 26.1 Å². The van der Waals surface area contributed by atoms with Crippen LogP contribution >= 0.6 is 24.0 Å². The van der Waals surface area contributed by atoms with Gasteiger partial charge in [-0.1, -0.05) is 30.3 Å². The Morgan fingerprint density at radius 2 is 1.76 bits per heavy atom. The molecule has 2 aromatic rings. The highest BCUT2D eigenvalue weighted by Crippen LogP contribution is 2.14. The zero-order chi connectivity index (χ0) is 20.2. The van der Waals surface area contributed by atoms with Gasteiger partial charge in [0.1, 0.15) is 16.5 Å². The van der Waals surface area contributed by atoms with Crippen molar-refractivity contribution in [3.05, 3.63) is 60.4 Å². The fourth-order valence-corrected chi connectivity index (χ4v) is 3.66. The predicted molar refractivity (Wildman–Crippen MR) is 124 cm³/mol. The number of guanidine groups is 1. The first-order valence-corrected chi connectivity index (χ1v) is 10.9. The number of halogens is 2. The largest absolute Gasteiger partial charge is 0.494 e. The maximum Gasteiger partial charge on any atom is 0.191 e. The molecule has 0 atom stereocenters. The third kappa shape index (κ3) is 8.99. The number of hydrogen-bond acceptors (Lipinski definition) is 4. The minimum Gasteiger partial charge on any atom is -0.494 e. The van der Waals surface area contributed by atoms with Crippen molar-refractivity contribution < 1.29 is 17.5 Å². The van der Waals surface area contributed by atoms with E-state index >= 15 is 0 Å². The summed E-state index contributed by atoms with van der Waals surface area (Å²) in [5.74, 6) is 0.373. The van der Waals surface area contributed by atoms with Crippen LogP contribution in [0.1, 0.15) is 13.3 Å². The summed E-state index contributed by atoms with van der Waals surface area (Å²) in [5.41, 5.74) is 0. The second-order valence-corrected chi connectivity index (χ2v) is 8.03. The summed E-state index contributed by atoms with van der Waals surface area (Å²) < 4.78 is 43.9. The van der Waals surface area contributed by atoms with E-state index in [2.05, 4.69) is 15.6 Å². The van der Waals surface area contributed by atoms with Gasteiger partial charge in [-0.05, 0) is 31.2 Å². The smallest absolute Gasteiger partial charge is 0.191 e. The van der Waals surface area contributed by atoms with Crippen molar-refractivity contribution in [3.63, 3.8) is 0 Å². The van der Waals surface area contributed by atoms with E-state index in [1.165, 1.54) is 18.2 Å². The first kappa shape index (κ1) is 25.2. The highest BCUT2D eigenvalue weighted by Gasteiger charge is 2.18. The Morgan fingerprint density at radius 1 is 1.07 bits per heavy atom. The van der Waals surface area contributed by atoms with Crippen LogP contribution in [0.5, 0.6) is 5.75 Å². The number of benzene rings is 2. The van der Waals surface area contributed by atoms with Crippen LogP contribution in [0, 0.1) is 5.82 Å². The third-order valence-corrected chi connectivity index (χ3v) is 5.51. The molecule has 0 fully saturated rings. The van der Waals surface area contributed by atoms with Gasteiger partial charge < -0.3 is 15.4 Å². The van der Waals surface area contributed by atoms with Gasteiger partial charge in [-0.25, -0.2) is 12.8 Å². The summed E-state index contributed by atoms with van der Waals surface area (Å²) >= 11 is 0. The summed E-state index contributed by atoms with van der Waals surface area (Å²) in [6.07, 6.45) is 0.721. The Labute approximate surface area is 188 Å². The quantitative estimate of drug-likeness (QED) is 0.212. The first-order chi connectivity index (χ1) is 13.5. The zero-order valence-electron chi connectivity index (χ0n) is 16.3. The highest BCUT2D eigenvalue weighted by molar-refractivity contribution is 14.0. The summed E-state index contributed by atoms with van der Waals surface area (Å²) in [7, 11) is -3.70. The van der Waals surface area contributed by atoms with Crippen LogP contribution in [0.4, 0.5) is 4.39 Å². The number of hydrogen-bond donors (Lipinski definition) is 2. The Balaban J connectivity index is 0.00000420. The lowest BCUT2D eigenvalue weighted by Gasteiger charge is -2.12.